The number of aliphatic carboxylic acids is 1. The van der Waals surface area contributed by atoms with Gasteiger partial charge in [-0.3, -0.25) is 14.3 Å². The fourth-order valence-corrected chi connectivity index (χ4v) is 8.34. The number of carbonyl (C=O) groups is 1. The fraction of sp³-hybridized carbons (Fsp3) is 0.276. The van der Waals surface area contributed by atoms with E-state index in [2.05, 4.69) is 11.1 Å². The van der Waals surface area contributed by atoms with Crippen molar-refractivity contribution in [3.8, 4) is 0 Å². The molecule has 1 aliphatic heterocycles. The lowest BCUT2D eigenvalue weighted by molar-refractivity contribution is -0.153. The minimum Gasteiger partial charge on any atom is -0.479 e. The zero-order valence-corrected chi connectivity index (χ0v) is 20.9. The van der Waals surface area contributed by atoms with E-state index in [0.29, 0.717) is 23.8 Å². The van der Waals surface area contributed by atoms with Crippen molar-refractivity contribution in [3.63, 3.8) is 0 Å². The molecule has 180 valence electrons. The van der Waals surface area contributed by atoms with Crippen molar-refractivity contribution in [2.45, 2.75) is 53.3 Å². The van der Waals surface area contributed by atoms with Gasteiger partial charge < -0.3 is 5.11 Å². The van der Waals surface area contributed by atoms with Crippen LogP contribution < -0.4 is 5.56 Å². The van der Waals surface area contributed by atoms with Gasteiger partial charge in [-0.25, -0.2) is 4.79 Å². The quantitative estimate of drug-likeness (QED) is 0.356. The minimum absolute atomic E-state index is 0.0295. The molecule has 2 fully saturated rings. The molecule has 0 amide bonds. The summed E-state index contributed by atoms with van der Waals surface area (Å²) in [7, 11) is 0. The highest BCUT2D eigenvalue weighted by molar-refractivity contribution is 8.00. The molecule has 0 saturated heterocycles. The minimum atomic E-state index is -1.22. The Morgan fingerprint density at radius 2 is 1.94 bits per heavy atom. The van der Waals surface area contributed by atoms with Crippen molar-refractivity contribution in [3.05, 3.63) is 105 Å². The van der Waals surface area contributed by atoms with Gasteiger partial charge in [-0.1, -0.05) is 48.0 Å². The van der Waals surface area contributed by atoms with Crippen LogP contribution in [0, 0.1) is 0 Å². The maximum absolute atomic E-state index is 13.6. The van der Waals surface area contributed by atoms with E-state index < -0.39 is 11.5 Å². The summed E-state index contributed by atoms with van der Waals surface area (Å²) in [6.45, 7) is 0. The predicted molar refractivity (Wildman–Crippen MR) is 141 cm³/mol. The highest BCUT2D eigenvalue weighted by Gasteiger charge is 2.66. The molecular formula is C29H23ClN2O3S. The molecule has 3 aliphatic rings. The van der Waals surface area contributed by atoms with Gasteiger partial charge in [0.1, 0.15) is 0 Å². The van der Waals surface area contributed by atoms with Crippen LogP contribution in [-0.2, 0) is 16.8 Å². The number of halogens is 1. The average Bonchev–Trinajstić information content (AvgIpc) is 3.64. The first kappa shape index (κ1) is 22.1. The smallest absolute Gasteiger partial charge is 0.331 e. The second kappa shape index (κ2) is 7.95. The van der Waals surface area contributed by atoms with Crippen LogP contribution in [0.4, 0.5) is 0 Å². The Morgan fingerprint density at radius 1 is 1.11 bits per heavy atom. The topological polar surface area (TPSA) is 72.2 Å². The summed E-state index contributed by atoms with van der Waals surface area (Å²) >= 11 is 7.84. The molecule has 2 unspecified atom stereocenters. The van der Waals surface area contributed by atoms with E-state index in [1.807, 2.05) is 54.9 Å². The van der Waals surface area contributed by atoms with Crippen molar-refractivity contribution in [2.24, 2.45) is 0 Å². The number of thioether (sulfide) groups is 1. The number of benzene rings is 2. The van der Waals surface area contributed by atoms with Crippen molar-refractivity contribution < 1.29 is 9.90 Å². The first-order valence-electron chi connectivity index (χ1n) is 12.2. The lowest BCUT2D eigenvalue weighted by atomic mass is 9.64. The maximum atomic E-state index is 13.6. The van der Waals surface area contributed by atoms with E-state index in [1.54, 1.807) is 22.4 Å². The van der Waals surface area contributed by atoms with Gasteiger partial charge in [-0.05, 0) is 65.0 Å². The summed E-state index contributed by atoms with van der Waals surface area (Å²) in [5.41, 5.74) is 2.84. The molecule has 3 atom stereocenters. The number of fused-ring (bicyclic) bond motifs is 4. The number of hydrogen-bond acceptors (Lipinski definition) is 4. The van der Waals surface area contributed by atoms with E-state index in [-0.39, 0.29) is 16.7 Å². The van der Waals surface area contributed by atoms with Crippen LogP contribution in [0.25, 0.3) is 10.8 Å². The SMILES string of the molecule is O=C(O)C12C[C@@H](c3cccc(Cl)c3)C1Sc1c(C3CC3)c(Cc3cncc4ccccc34)cc(=O)n12. The maximum Gasteiger partial charge on any atom is 0.331 e. The van der Waals surface area contributed by atoms with E-state index in [4.69, 9.17) is 11.6 Å². The molecule has 3 heterocycles. The van der Waals surface area contributed by atoms with Gasteiger partial charge in [0, 0.05) is 41.2 Å². The molecule has 4 aromatic rings. The van der Waals surface area contributed by atoms with Crippen molar-refractivity contribution in [1.29, 1.82) is 0 Å². The third kappa shape index (κ3) is 3.14. The molecule has 0 spiro atoms. The lowest BCUT2D eigenvalue weighted by Gasteiger charge is -2.48. The van der Waals surface area contributed by atoms with Gasteiger partial charge in [0.05, 0.1) is 10.3 Å². The largest absolute Gasteiger partial charge is 0.479 e. The Hall–Kier alpha value is -3.09. The van der Waals surface area contributed by atoms with Crippen LogP contribution in [0.5, 0.6) is 0 Å². The molecule has 7 rings (SSSR count). The van der Waals surface area contributed by atoms with Gasteiger partial charge in [0.2, 0.25) is 0 Å². The Morgan fingerprint density at radius 3 is 2.72 bits per heavy atom. The van der Waals surface area contributed by atoms with Crippen molar-refractivity contribution in [1.82, 2.24) is 9.55 Å². The van der Waals surface area contributed by atoms with Crippen LogP contribution in [0.3, 0.4) is 0 Å². The first-order chi connectivity index (χ1) is 17.5. The predicted octanol–water partition coefficient (Wildman–Crippen LogP) is 5.96. The first-order valence-corrected chi connectivity index (χ1v) is 13.5. The van der Waals surface area contributed by atoms with Gasteiger partial charge in [0.15, 0.2) is 5.54 Å². The highest BCUT2D eigenvalue weighted by atomic mass is 35.5. The van der Waals surface area contributed by atoms with Crippen LogP contribution in [0.15, 0.2) is 76.8 Å². The van der Waals surface area contributed by atoms with Crippen LogP contribution in [0.1, 0.15) is 53.4 Å². The number of rotatable bonds is 5. The highest BCUT2D eigenvalue weighted by Crippen LogP contribution is 2.64. The van der Waals surface area contributed by atoms with Crippen molar-refractivity contribution >= 4 is 40.1 Å². The number of aromatic nitrogens is 2. The summed E-state index contributed by atoms with van der Waals surface area (Å²) < 4.78 is 1.62. The van der Waals surface area contributed by atoms with E-state index in [9.17, 15) is 14.7 Å². The summed E-state index contributed by atoms with van der Waals surface area (Å²) in [6, 6.07) is 17.5. The second-order valence-electron chi connectivity index (χ2n) is 10.2. The number of nitrogens with zero attached hydrogens (tertiary/aromatic N) is 2. The number of carboxylic acids is 1. The van der Waals surface area contributed by atoms with Crippen molar-refractivity contribution in [2.75, 3.05) is 0 Å². The molecule has 2 aliphatic carbocycles. The summed E-state index contributed by atoms with van der Waals surface area (Å²) in [4.78, 5) is 30.8. The zero-order valence-electron chi connectivity index (χ0n) is 19.4. The molecular weight excluding hydrogens is 492 g/mol. The van der Waals surface area contributed by atoms with E-state index in [1.165, 1.54) is 0 Å². The third-order valence-corrected chi connectivity index (χ3v) is 9.90. The number of hydrogen-bond donors (Lipinski definition) is 1. The number of carboxylic acid groups (broad SMARTS) is 1. The van der Waals surface area contributed by atoms with Gasteiger partial charge in [0.25, 0.3) is 5.56 Å². The molecule has 5 nitrogen and oxygen atoms in total. The van der Waals surface area contributed by atoms with Gasteiger partial charge >= 0.3 is 5.97 Å². The standard InChI is InChI=1S/C29H23ClN2O3S/c30-21-6-3-5-17(11-21)23-13-29(28(34)35)26(23)36-27-25(16-8-9-16)19(12-24(33)32(27)29)10-20-15-31-14-18-4-1-2-7-22(18)20/h1-7,11-12,14-16,23,26H,8-10,13H2,(H,34,35)/t23-,26?,29?/m0/s1. The monoisotopic (exact) mass is 514 g/mol. The zero-order chi connectivity index (χ0) is 24.6. The Kier molecular flexibility index (Phi) is 4.89. The molecule has 1 N–H and O–H groups in total. The summed E-state index contributed by atoms with van der Waals surface area (Å²) in [5, 5.41) is 13.9. The van der Waals surface area contributed by atoms with Gasteiger partial charge in [-0.15, -0.1) is 11.8 Å². The lowest BCUT2D eigenvalue weighted by Crippen LogP contribution is -2.61. The Balaban J connectivity index is 1.36. The molecule has 2 saturated carbocycles. The van der Waals surface area contributed by atoms with Crippen LogP contribution in [0.2, 0.25) is 5.02 Å². The normalized spacial score (nSPS) is 24.2. The van der Waals surface area contributed by atoms with Gasteiger partial charge in [-0.2, -0.15) is 0 Å². The van der Waals surface area contributed by atoms with E-state index >= 15 is 0 Å². The number of pyridine rings is 2. The molecule has 0 bridgehead atoms. The average molecular weight is 515 g/mol. The fourth-order valence-electron chi connectivity index (χ4n) is 6.21. The molecule has 36 heavy (non-hydrogen) atoms. The summed E-state index contributed by atoms with van der Waals surface area (Å²) in [6.07, 6.45) is 6.87. The molecule has 7 heteroatoms. The molecule has 0 radical (unpaired) electrons. The summed E-state index contributed by atoms with van der Waals surface area (Å²) in [5.74, 6) is -0.529. The molecule has 2 aromatic carbocycles. The Labute approximate surface area is 217 Å². The third-order valence-electron chi connectivity index (χ3n) is 8.07. The van der Waals surface area contributed by atoms with E-state index in [0.717, 1.165) is 50.9 Å². The molecule has 2 aromatic heterocycles. The second-order valence-corrected chi connectivity index (χ2v) is 11.7. The van der Waals surface area contributed by atoms with Crippen LogP contribution in [-0.4, -0.2) is 25.9 Å². The Bertz CT molecular complexity index is 1620. The van der Waals surface area contributed by atoms with Crippen LogP contribution >= 0.6 is 23.4 Å².